The van der Waals surface area contributed by atoms with Crippen LogP contribution in [0.25, 0.3) is 0 Å². The quantitative estimate of drug-likeness (QED) is 0.507. The Bertz CT molecular complexity index is 255. The maximum atomic E-state index is 11.5. The second-order valence-electron chi connectivity index (χ2n) is 3.69. The molecule has 1 atom stereocenters. The number of hydrogen-bond acceptors (Lipinski definition) is 4. The average Bonchev–Trinajstić information content (AvgIpc) is 2.17. The van der Waals surface area contributed by atoms with Crippen LogP contribution in [0, 0.1) is 5.41 Å². The van der Waals surface area contributed by atoms with Crippen molar-refractivity contribution in [3.05, 3.63) is 0 Å². The van der Waals surface area contributed by atoms with E-state index in [4.69, 9.17) is 20.6 Å². The zero-order valence-corrected chi connectivity index (χ0v) is 9.03. The first-order valence-corrected chi connectivity index (χ1v) is 4.91. The summed E-state index contributed by atoms with van der Waals surface area (Å²) in [5, 5.41) is 7.24. The molecule has 1 saturated heterocycles. The summed E-state index contributed by atoms with van der Waals surface area (Å²) >= 11 is 0. The van der Waals surface area contributed by atoms with E-state index in [0.717, 1.165) is 0 Å². The maximum Gasteiger partial charge on any atom is 0.410 e. The Balaban J connectivity index is 2.48. The Kier molecular flexibility index (Phi) is 3.90. The minimum atomic E-state index is -0.501. The predicted molar refractivity (Wildman–Crippen MR) is 54.8 cm³/mol. The van der Waals surface area contributed by atoms with Crippen LogP contribution in [0.2, 0.25) is 0 Å². The number of nitrogens with zero attached hydrogens (tertiary/aromatic N) is 1. The molecule has 0 radical (unpaired) electrons. The van der Waals surface area contributed by atoms with Gasteiger partial charge in [-0.05, 0) is 13.8 Å². The molecule has 0 aliphatic carbocycles. The lowest BCUT2D eigenvalue weighted by atomic mass is 10.2. The summed E-state index contributed by atoms with van der Waals surface area (Å²) in [4.78, 5) is 13.0. The first kappa shape index (κ1) is 11.8. The van der Waals surface area contributed by atoms with E-state index in [2.05, 4.69) is 0 Å². The molecule has 1 fully saturated rings. The van der Waals surface area contributed by atoms with Crippen LogP contribution in [0.3, 0.4) is 0 Å². The molecule has 86 valence electrons. The van der Waals surface area contributed by atoms with Crippen LogP contribution in [0.5, 0.6) is 0 Å². The average molecular weight is 215 g/mol. The third-order valence-corrected chi connectivity index (χ3v) is 2.01. The Hall–Kier alpha value is -1.30. The van der Waals surface area contributed by atoms with E-state index < -0.39 is 6.10 Å². The molecule has 6 nitrogen and oxygen atoms in total. The normalized spacial score (nSPS) is 21.5. The Labute approximate surface area is 88.8 Å². The van der Waals surface area contributed by atoms with Gasteiger partial charge in [0.1, 0.15) is 11.9 Å². The molecule has 0 saturated carbocycles. The summed E-state index contributed by atoms with van der Waals surface area (Å²) in [5.41, 5.74) is 5.31. The molecule has 0 aromatic rings. The number of nitrogens with two attached hydrogens (primary N) is 1. The van der Waals surface area contributed by atoms with Gasteiger partial charge in [-0.1, -0.05) is 0 Å². The van der Waals surface area contributed by atoms with Crippen molar-refractivity contribution in [1.29, 1.82) is 5.41 Å². The molecular weight excluding hydrogens is 198 g/mol. The number of amides is 1. The molecule has 6 heteroatoms. The molecule has 0 aromatic heterocycles. The summed E-state index contributed by atoms with van der Waals surface area (Å²) in [6, 6.07) is 0. The fourth-order valence-corrected chi connectivity index (χ4v) is 1.28. The van der Waals surface area contributed by atoms with Gasteiger partial charge in [-0.3, -0.25) is 5.41 Å². The van der Waals surface area contributed by atoms with Gasteiger partial charge in [0.25, 0.3) is 0 Å². The van der Waals surface area contributed by atoms with Crippen molar-refractivity contribution in [3.8, 4) is 0 Å². The van der Waals surface area contributed by atoms with Crippen molar-refractivity contribution in [3.63, 3.8) is 0 Å². The number of carbonyl (C=O) groups excluding carboxylic acids is 1. The predicted octanol–water partition coefficient (Wildman–Crippen LogP) is 0.168. The lowest BCUT2D eigenvalue weighted by Crippen LogP contribution is -2.50. The third kappa shape index (κ3) is 3.39. The van der Waals surface area contributed by atoms with Crippen LogP contribution < -0.4 is 5.73 Å². The molecule has 15 heavy (non-hydrogen) atoms. The van der Waals surface area contributed by atoms with Crippen molar-refractivity contribution >= 4 is 11.9 Å². The highest BCUT2D eigenvalue weighted by Crippen LogP contribution is 2.07. The molecule has 1 amide bonds. The van der Waals surface area contributed by atoms with Gasteiger partial charge in [0.05, 0.1) is 19.3 Å². The van der Waals surface area contributed by atoms with Gasteiger partial charge < -0.3 is 20.1 Å². The first-order valence-electron chi connectivity index (χ1n) is 4.91. The summed E-state index contributed by atoms with van der Waals surface area (Å²) in [7, 11) is 0. The van der Waals surface area contributed by atoms with Crippen LogP contribution in [-0.4, -0.2) is 48.7 Å². The summed E-state index contributed by atoms with van der Waals surface area (Å²) in [5.74, 6) is -0.0583. The number of rotatable bonds is 2. The fourth-order valence-electron chi connectivity index (χ4n) is 1.28. The third-order valence-electron chi connectivity index (χ3n) is 2.01. The fraction of sp³-hybridized carbons (Fsp3) is 0.778. The second-order valence-corrected chi connectivity index (χ2v) is 3.69. The zero-order valence-electron chi connectivity index (χ0n) is 9.03. The highest BCUT2D eigenvalue weighted by Gasteiger charge is 2.27. The van der Waals surface area contributed by atoms with E-state index in [1.807, 2.05) is 0 Å². The highest BCUT2D eigenvalue weighted by atomic mass is 16.6. The lowest BCUT2D eigenvalue weighted by molar-refractivity contribution is -0.00385. The number of amidine groups is 1. The molecule has 0 bridgehead atoms. The van der Waals surface area contributed by atoms with E-state index in [1.165, 1.54) is 4.90 Å². The van der Waals surface area contributed by atoms with Crippen molar-refractivity contribution in [1.82, 2.24) is 4.90 Å². The largest absolute Gasteiger partial charge is 0.447 e. The zero-order chi connectivity index (χ0) is 11.4. The molecule has 1 heterocycles. The molecule has 1 unspecified atom stereocenters. The van der Waals surface area contributed by atoms with Crippen molar-refractivity contribution in [2.24, 2.45) is 5.73 Å². The van der Waals surface area contributed by atoms with Gasteiger partial charge in [-0.25, -0.2) is 4.79 Å². The summed E-state index contributed by atoms with van der Waals surface area (Å²) in [6.07, 6.45) is -1.02. The van der Waals surface area contributed by atoms with Crippen LogP contribution >= 0.6 is 0 Å². The molecular formula is C9H17N3O3. The smallest absolute Gasteiger partial charge is 0.410 e. The van der Waals surface area contributed by atoms with Gasteiger partial charge in [-0.2, -0.15) is 0 Å². The number of ether oxygens (including phenoxy) is 2. The van der Waals surface area contributed by atoms with E-state index >= 15 is 0 Å². The Morgan fingerprint density at radius 3 is 2.87 bits per heavy atom. The van der Waals surface area contributed by atoms with Crippen molar-refractivity contribution < 1.29 is 14.3 Å². The standard InChI is InChI=1S/C9H17N3O3/c1-6(2)15-9(13)12-3-4-14-7(5-12)8(10)11/h6-7H,3-5H2,1-2H3,(H3,10,11). The Morgan fingerprint density at radius 2 is 2.33 bits per heavy atom. The first-order chi connectivity index (χ1) is 7.00. The molecule has 1 rings (SSSR count). The van der Waals surface area contributed by atoms with Gasteiger partial charge >= 0.3 is 6.09 Å². The number of carbonyl (C=O) groups is 1. The topological polar surface area (TPSA) is 88.6 Å². The monoisotopic (exact) mass is 215 g/mol. The van der Waals surface area contributed by atoms with Crippen LogP contribution in [-0.2, 0) is 9.47 Å². The number of hydrogen-bond donors (Lipinski definition) is 2. The SMILES string of the molecule is CC(C)OC(=O)N1CCOC(C(=N)N)C1. The molecule has 1 aliphatic rings. The number of morpholine rings is 1. The van der Waals surface area contributed by atoms with Crippen LogP contribution in [0.15, 0.2) is 0 Å². The van der Waals surface area contributed by atoms with Crippen molar-refractivity contribution in [2.45, 2.75) is 26.1 Å². The molecule has 1 aliphatic heterocycles. The molecule has 3 N–H and O–H groups in total. The second kappa shape index (κ2) is 4.97. The maximum absolute atomic E-state index is 11.5. The minimum absolute atomic E-state index is 0.0583. The highest BCUT2D eigenvalue weighted by molar-refractivity contribution is 5.82. The van der Waals surface area contributed by atoms with Gasteiger partial charge in [-0.15, -0.1) is 0 Å². The lowest BCUT2D eigenvalue weighted by Gasteiger charge is -2.31. The number of nitrogens with one attached hydrogen (secondary N) is 1. The molecule has 0 aromatic carbocycles. The molecule has 0 spiro atoms. The van der Waals surface area contributed by atoms with E-state index in [9.17, 15) is 4.79 Å². The van der Waals surface area contributed by atoms with Gasteiger partial charge in [0.2, 0.25) is 0 Å². The van der Waals surface area contributed by atoms with E-state index in [0.29, 0.717) is 19.7 Å². The van der Waals surface area contributed by atoms with Gasteiger partial charge in [0.15, 0.2) is 0 Å². The van der Waals surface area contributed by atoms with Gasteiger partial charge in [0, 0.05) is 6.54 Å². The summed E-state index contributed by atoms with van der Waals surface area (Å²) < 4.78 is 10.3. The summed E-state index contributed by atoms with van der Waals surface area (Å²) in [6.45, 7) is 4.75. The Morgan fingerprint density at radius 1 is 1.67 bits per heavy atom. The van der Waals surface area contributed by atoms with E-state index in [-0.39, 0.29) is 18.0 Å². The van der Waals surface area contributed by atoms with Crippen LogP contribution in [0.1, 0.15) is 13.8 Å². The van der Waals surface area contributed by atoms with E-state index in [1.54, 1.807) is 13.8 Å². The minimum Gasteiger partial charge on any atom is -0.447 e. The van der Waals surface area contributed by atoms with Crippen LogP contribution in [0.4, 0.5) is 4.79 Å². The van der Waals surface area contributed by atoms with Crippen molar-refractivity contribution in [2.75, 3.05) is 19.7 Å².